The molecule has 2 aromatic carbocycles. The van der Waals surface area contributed by atoms with Gasteiger partial charge in [0.15, 0.2) is 5.82 Å². The Kier molecular flexibility index (Phi) is 5.72. The first kappa shape index (κ1) is 20.2. The molecule has 0 fully saturated rings. The Morgan fingerprint density at radius 3 is 2.39 bits per heavy atom. The number of aromatic hydroxyl groups is 1. The number of aromatic nitrogens is 3. The van der Waals surface area contributed by atoms with Crippen LogP contribution in [0.2, 0.25) is 0 Å². The highest BCUT2D eigenvalue weighted by atomic mass is 19.1. The number of nitrogens with two attached hydrogens (primary N) is 1. The molecular weight excluding hydrogens is 397 g/mol. The molecule has 0 radical (unpaired) electrons. The number of nitrogens with one attached hydrogen (secondary N) is 2. The Bertz CT molecular complexity index is 1180. The van der Waals surface area contributed by atoms with Gasteiger partial charge in [-0.2, -0.15) is 5.10 Å². The number of pyridine rings is 1. The number of aromatic amines is 1. The van der Waals surface area contributed by atoms with Gasteiger partial charge in [0.25, 0.3) is 0 Å². The van der Waals surface area contributed by atoms with E-state index in [1.54, 1.807) is 60.9 Å². The molecule has 0 saturated heterocycles. The number of nitrogens with zero attached hydrogens (tertiary/aromatic N) is 2. The lowest BCUT2D eigenvalue weighted by molar-refractivity contribution is -0.117. The predicted molar refractivity (Wildman–Crippen MR) is 116 cm³/mol. The molecule has 1 amide bonds. The van der Waals surface area contributed by atoms with Crippen molar-refractivity contribution in [2.75, 3.05) is 5.32 Å². The van der Waals surface area contributed by atoms with Crippen molar-refractivity contribution in [2.45, 2.75) is 12.5 Å². The normalized spacial score (nSPS) is 11.8. The molecule has 7 nitrogen and oxygen atoms in total. The Morgan fingerprint density at radius 1 is 1.03 bits per heavy atom. The van der Waals surface area contributed by atoms with Crippen LogP contribution in [-0.2, 0) is 11.2 Å². The van der Waals surface area contributed by atoms with Crippen LogP contribution in [0.15, 0.2) is 73.1 Å². The fraction of sp³-hybridized carbons (Fsp3) is 0.0870. The lowest BCUT2D eigenvalue weighted by atomic mass is 10.0. The third-order valence-electron chi connectivity index (χ3n) is 4.84. The zero-order valence-electron chi connectivity index (χ0n) is 16.4. The second-order valence-electron chi connectivity index (χ2n) is 7.03. The van der Waals surface area contributed by atoms with E-state index in [0.717, 1.165) is 16.7 Å². The second kappa shape index (κ2) is 8.76. The lowest BCUT2D eigenvalue weighted by Crippen LogP contribution is -2.37. The molecular formula is C23H20FN5O2. The van der Waals surface area contributed by atoms with Crippen molar-refractivity contribution in [3.05, 3.63) is 84.4 Å². The largest absolute Gasteiger partial charge is 0.508 e. The molecule has 0 saturated carbocycles. The summed E-state index contributed by atoms with van der Waals surface area (Å²) in [5.41, 5.74) is 9.70. The maximum absolute atomic E-state index is 13.4. The van der Waals surface area contributed by atoms with Gasteiger partial charge in [-0.1, -0.05) is 12.1 Å². The van der Waals surface area contributed by atoms with Gasteiger partial charge in [-0.3, -0.25) is 14.9 Å². The zero-order chi connectivity index (χ0) is 21.8. The predicted octanol–water partition coefficient (Wildman–Crippen LogP) is 3.49. The summed E-state index contributed by atoms with van der Waals surface area (Å²) < 4.78 is 13.4. The maximum Gasteiger partial charge on any atom is 0.242 e. The highest BCUT2D eigenvalue weighted by molar-refractivity contribution is 6.00. The smallest absolute Gasteiger partial charge is 0.242 e. The number of rotatable bonds is 6. The first-order valence-corrected chi connectivity index (χ1v) is 9.60. The van der Waals surface area contributed by atoms with Crippen molar-refractivity contribution >= 4 is 11.7 Å². The van der Waals surface area contributed by atoms with Gasteiger partial charge in [-0.15, -0.1) is 0 Å². The van der Waals surface area contributed by atoms with Crippen molar-refractivity contribution in [3.8, 4) is 28.1 Å². The van der Waals surface area contributed by atoms with E-state index in [-0.39, 0.29) is 11.6 Å². The van der Waals surface area contributed by atoms with Crippen molar-refractivity contribution in [1.82, 2.24) is 15.2 Å². The molecule has 0 aliphatic carbocycles. The summed E-state index contributed by atoms with van der Waals surface area (Å²) in [5.74, 6) is -0.284. The summed E-state index contributed by atoms with van der Waals surface area (Å²) in [6.07, 6.45) is 3.57. The summed E-state index contributed by atoms with van der Waals surface area (Å²) in [4.78, 5) is 16.8. The van der Waals surface area contributed by atoms with E-state index in [9.17, 15) is 14.3 Å². The van der Waals surface area contributed by atoms with Crippen LogP contribution in [-0.4, -0.2) is 32.2 Å². The lowest BCUT2D eigenvalue weighted by Gasteiger charge is -2.13. The van der Waals surface area contributed by atoms with Gasteiger partial charge < -0.3 is 16.2 Å². The molecule has 4 rings (SSSR count). The van der Waals surface area contributed by atoms with E-state index in [1.165, 1.54) is 12.1 Å². The van der Waals surface area contributed by atoms with Gasteiger partial charge in [-0.05, 0) is 66.1 Å². The van der Waals surface area contributed by atoms with Crippen molar-refractivity contribution in [3.63, 3.8) is 0 Å². The molecule has 2 aromatic heterocycles. The summed E-state index contributed by atoms with van der Waals surface area (Å²) in [6.45, 7) is 0. The molecule has 0 spiro atoms. The molecule has 4 aromatic rings. The van der Waals surface area contributed by atoms with Crippen molar-refractivity contribution in [2.24, 2.45) is 5.73 Å². The molecule has 1 unspecified atom stereocenters. The van der Waals surface area contributed by atoms with Gasteiger partial charge in [0.2, 0.25) is 5.91 Å². The zero-order valence-corrected chi connectivity index (χ0v) is 16.4. The van der Waals surface area contributed by atoms with E-state index < -0.39 is 11.9 Å². The number of benzene rings is 2. The molecule has 156 valence electrons. The van der Waals surface area contributed by atoms with Crippen LogP contribution in [0.1, 0.15) is 5.56 Å². The Hall–Kier alpha value is -4.04. The first-order chi connectivity index (χ1) is 15.0. The number of hydrogen-bond donors (Lipinski definition) is 4. The second-order valence-corrected chi connectivity index (χ2v) is 7.03. The van der Waals surface area contributed by atoms with Gasteiger partial charge in [-0.25, -0.2) is 4.39 Å². The number of phenols is 1. The molecule has 31 heavy (non-hydrogen) atoms. The quantitative estimate of drug-likeness (QED) is 0.383. The van der Waals surface area contributed by atoms with Crippen molar-refractivity contribution < 1.29 is 14.3 Å². The van der Waals surface area contributed by atoms with Crippen LogP contribution in [0.25, 0.3) is 22.4 Å². The van der Waals surface area contributed by atoms with Gasteiger partial charge in [0, 0.05) is 18.0 Å². The minimum Gasteiger partial charge on any atom is -0.508 e. The van der Waals surface area contributed by atoms with Crippen molar-refractivity contribution in [1.29, 1.82) is 0 Å². The number of carbonyl (C=O) groups excluding carboxylic acids is 1. The number of hydrogen-bond acceptors (Lipinski definition) is 5. The third kappa shape index (κ3) is 4.59. The molecule has 8 heteroatoms. The summed E-state index contributed by atoms with van der Waals surface area (Å²) in [7, 11) is 0. The highest BCUT2D eigenvalue weighted by Gasteiger charge is 2.21. The number of anilines is 1. The summed E-state index contributed by atoms with van der Waals surface area (Å²) >= 11 is 0. The monoisotopic (exact) mass is 417 g/mol. The van der Waals surface area contributed by atoms with Crippen LogP contribution in [0, 0.1) is 5.82 Å². The van der Waals surface area contributed by atoms with E-state index in [4.69, 9.17) is 5.73 Å². The van der Waals surface area contributed by atoms with Gasteiger partial charge >= 0.3 is 0 Å². The molecule has 0 bridgehead atoms. The number of halogens is 1. The SMILES string of the molecule is NC(Cc1ccc(O)cc1)C(=O)Nc1n[nH]c(-c2ccc(F)cc2)c1-c1ccncc1. The number of amides is 1. The van der Waals surface area contributed by atoms with Crippen LogP contribution >= 0.6 is 0 Å². The minimum absolute atomic E-state index is 0.147. The van der Waals surface area contributed by atoms with Crippen LogP contribution in [0.3, 0.4) is 0 Å². The van der Waals surface area contributed by atoms with Crippen LogP contribution < -0.4 is 11.1 Å². The topological polar surface area (TPSA) is 117 Å². The molecule has 2 heterocycles. The number of H-pyrrole nitrogens is 1. The van der Waals surface area contributed by atoms with Crippen LogP contribution in [0.5, 0.6) is 5.75 Å². The Labute approximate surface area is 177 Å². The van der Waals surface area contributed by atoms with Gasteiger partial charge in [0.1, 0.15) is 11.6 Å². The Morgan fingerprint density at radius 2 is 1.71 bits per heavy atom. The fourth-order valence-electron chi connectivity index (χ4n) is 3.25. The first-order valence-electron chi connectivity index (χ1n) is 9.60. The molecule has 0 aliphatic heterocycles. The molecule has 5 N–H and O–H groups in total. The number of phenolic OH excluding ortho intramolecular Hbond substituents is 1. The average molecular weight is 417 g/mol. The van der Waals surface area contributed by atoms with E-state index in [1.807, 2.05) is 0 Å². The average Bonchev–Trinajstić information content (AvgIpc) is 3.19. The van der Waals surface area contributed by atoms with Crippen LogP contribution in [0.4, 0.5) is 10.2 Å². The van der Waals surface area contributed by atoms with E-state index >= 15 is 0 Å². The Balaban J connectivity index is 1.62. The minimum atomic E-state index is -0.819. The number of carbonyl (C=O) groups is 1. The van der Waals surface area contributed by atoms with Gasteiger partial charge in [0.05, 0.1) is 17.3 Å². The standard InChI is InChI=1S/C23H20FN5O2/c24-17-5-3-16(4-6-17)21-20(15-9-11-26-12-10-15)22(29-28-21)27-23(31)19(25)13-14-1-7-18(30)8-2-14/h1-12,19,30H,13,25H2,(H2,27,28,29,31). The maximum atomic E-state index is 13.4. The van der Waals surface area contributed by atoms with E-state index in [2.05, 4.69) is 20.5 Å². The molecule has 0 aliphatic rings. The molecule has 1 atom stereocenters. The summed E-state index contributed by atoms with van der Waals surface area (Å²) in [5, 5.41) is 19.4. The summed E-state index contributed by atoms with van der Waals surface area (Å²) in [6, 6.07) is 15.3. The third-order valence-corrected chi connectivity index (χ3v) is 4.84. The fourth-order valence-corrected chi connectivity index (χ4v) is 3.25. The highest BCUT2D eigenvalue weighted by Crippen LogP contribution is 2.36. The van der Waals surface area contributed by atoms with E-state index in [0.29, 0.717) is 23.5 Å².